The maximum Gasteiger partial charge on any atom is 0.0195 e. The maximum atomic E-state index is 4.68. The van der Waals surface area contributed by atoms with E-state index in [1.165, 1.54) is 44.1 Å². The topological polar surface area (TPSA) is 0 Å². The van der Waals surface area contributed by atoms with Gasteiger partial charge in [-0.3, -0.25) is 0 Å². The van der Waals surface area contributed by atoms with Gasteiger partial charge in [-0.25, -0.2) is 0 Å². The maximum absolute atomic E-state index is 4.68. The van der Waals surface area contributed by atoms with Gasteiger partial charge in [-0.05, 0) is 55.3 Å². The second-order valence-corrected chi connectivity index (χ2v) is 8.90. The highest BCUT2D eigenvalue weighted by Gasteiger charge is 2.49. The van der Waals surface area contributed by atoms with Crippen molar-refractivity contribution >= 4 is 0 Å². The van der Waals surface area contributed by atoms with E-state index in [2.05, 4.69) is 60.8 Å². The lowest BCUT2D eigenvalue weighted by Gasteiger charge is -2.53. The summed E-state index contributed by atoms with van der Waals surface area (Å²) in [6.45, 7) is 23.4. The fourth-order valence-electron chi connectivity index (χ4n) is 5.89. The Hall–Kier alpha value is -0.780. The van der Waals surface area contributed by atoms with Crippen LogP contribution in [0.4, 0.5) is 0 Å². The van der Waals surface area contributed by atoms with Gasteiger partial charge in [-0.1, -0.05) is 76.8 Å². The van der Waals surface area contributed by atoms with Gasteiger partial charge in [0.1, 0.15) is 0 Å². The van der Waals surface area contributed by atoms with Gasteiger partial charge < -0.3 is 0 Å². The van der Waals surface area contributed by atoms with E-state index in [1.54, 1.807) is 11.1 Å². The highest BCUT2D eigenvalue weighted by Crippen LogP contribution is 2.59. The van der Waals surface area contributed by atoms with Gasteiger partial charge >= 0.3 is 0 Å². The van der Waals surface area contributed by atoms with Gasteiger partial charge in [0.25, 0.3) is 0 Å². The molecular weight excluding hydrogens is 276 g/mol. The minimum Gasteiger partial charge on any atom is -0.102 e. The molecule has 0 radical (unpaired) electrons. The van der Waals surface area contributed by atoms with Crippen LogP contribution < -0.4 is 0 Å². The highest BCUT2D eigenvalue weighted by molar-refractivity contribution is 5.39. The molecule has 0 aromatic rings. The van der Waals surface area contributed by atoms with E-state index >= 15 is 0 Å². The molecule has 0 N–H and O–H groups in total. The summed E-state index contributed by atoms with van der Waals surface area (Å²) in [5.74, 6) is 1.92. The summed E-state index contributed by atoms with van der Waals surface area (Å²) in [4.78, 5) is 0. The van der Waals surface area contributed by atoms with Crippen molar-refractivity contribution in [2.45, 2.75) is 80.1 Å². The molecule has 0 saturated heterocycles. The third-order valence-corrected chi connectivity index (χ3v) is 7.43. The fraction of sp³-hybridized carbons (Fsp3) is 0.739. The lowest BCUT2D eigenvalue weighted by molar-refractivity contribution is 0.0904. The molecule has 0 amide bonds. The van der Waals surface area contributed by atoms with Crippen LogP contribution in [0.1, 0.15) is 80.1 Å². The zero-order valence-electron chi connectivity index (χ0n) is 16.5. The van der Waals surface area contributed by atoms with E-state index < -0.39 is 0 Å². The number of fused-ring (bicyclic) bond motifs is 2. The van der Waals surface area contributed by atoms with Gasteiger partial charge in [0.15, 0.2) is 0 Å². The van der Waals surface area contributed by atoms with Crippen LogP contribution >= 0.6 is 0 Å². The van der Waals surface area contributed by atoms with E-state index in [0.717, 1.165) is 11.8 Å². The average Bonchev–Trinajstić information content (AvgIpc) is 2.49. The lowest BCUT2D eigenvalue weighted by atomic mass is 9.51. The molecule has 4 unspecified atom stereocenters. The SMILES string of the molecule is C=CC1C(=C)C(C)(CCC)C(CC)CC2CCC(C)=C1C2(C)C. The number of hydrogen-bond donors (Lipinski definition) is 0. The van der Waals surface area contributed by atoms with Crippen molar-refractivity contribution in [2.24, 2.45) is 28.6 Å². The molecule has 23 heavy (non-hydrogen) atoms. The Morgan fingerprint density at radius 1 is 1.22 bits per heavy atom. The van der Waals surface area contributed by atoms with Crippen molar-refractivity contribution in [2.75, 3.05) is 0 Å². The molecular formula is C23H38. The van der Waals surface area contributed by atoms with Crippen LogP contribution in [0.2, 0.25) is 0 Å². The minimum absolute atomic E-state index is 0.250. The first kappa shape index (κ1) is 18.6. The molecule has 2 aliphatic rings. The van der Waals surface area contributed by atoms with E-state index in [0.29, 0.717) is 5.92 Å². The van der Waals surface area contributed by atoms with Crippen LogP contribution in [0.15, 0.2) is 36.0 Å². The van der Waals surface area contributed by atoms with E-state index in [9.17, 15) is 0 Å². The summed E-state index contributed by atoms with van der Waals surface area (Å²) in [6, 6.07) is 0. The Bertz CT molecular complexity index is 504. The lowest BCUT2D eigenvalue weighted by Crippen LogP contribution is -2.43. The van der Waals surface area contributed by atoms with Crippen LogP contribution in [0, 0.1) is 28.6 Å². The van der Waals surface area contributed by atoms with Crippen LogP contribution in [0.25, 0.3) is 0 Å². The second-order valence-electron chi connectivity index (χ2n) is 8.90. The number of rotatable bonds is 4. The summed E-state index contributed by atoms with van der Waals surface area (Å²) >= 11 is 0. The van der Waals surface area contributed by atoms with Crippen LogP contribution in [-0.2, 0) is 0 Å². The van der Waals surface area contributed by atoms with Crippen molar-refractivity contribution < 1.29 is 0 Å². The van der Waals surface area contributed by atoms with Crippen molar-refractivity contribution in [3.05, 3.63) is 36.0 Å². The molecule has 4 atom stereocenters. The third kappa shape index (κ3) is 2.87. The zero-order chi connectivity index (χ0) is 17.4. The van der Waals surface area contributed by atoms with Gasteiger partial charge in [0.2, 0.25) is 0 Å². The molecule has 0 spiro atoms. The Kier molecular flexibility index (Phi) is 5.34. The predicted octanol–water partition coefficient (Wildman–Crippen LogP) is 7.33. The van der Waals surface area contributed by atoms with Crippen molar-refractivity contribution in [3.63, 3.8) is 0 Å². The summed E-state index contributed by atoms with van der Waals surface area (Å²) in [7, 11) is 0. The quantitative estimate of drug-likeness (QED) is 0.476. The van der Waals surface area contributed by atoms with Crippen molar-refractivity contribution in [1.29, 1.82) is 0 Å². The standard InChI is InChI=1S/C23H38/c1-9-14-23(8)17(5)20(11-3)21-16(4)12-13-19(22(21,6)7)15-18(23)10-2/h11,18-20H,3,5,9-10,12-15H2,1-2,4,6-8H3. The largest absolute Gasteiger partial charge is 0.102 e. The van der Waals surface area contributed by atoms with Crippen LogP contribution in [0.5, 0.6) is 0 Å². The van der Waals surface area contributed by atoms with Gasteiger partial charge in [-0.2, -0.15) is 0 Å². The van der Waals surface area contributed by atoms with E-state index in [-0.39, 0.29) is 10.8 Å². The van der Waals surface area contributed by atoms with E-state index in [4.69, 9.17) is 0 Å². The smallest absolute Gasteiger partial charge is 0.0195 e. The number of allylic oxidation sites excluding steroid dienone is 4. The van der Waals surface area contributed by atoms with Crippen molar-refractivity contribution in [1.82, 2.24) is 0 Å². The first-order valence-corrected chi connectivity index (χ1v) is 9.75. The average molecular weight is 315 g/mol. The van der Waals surface area contributed by atoms with Crippen LogP contribution in [-0.4, -0.2) is 0 Å². The van der Waals surface area contributed by atoms with Crippen LogP contribution in [0.3, 0.4) is 0 Å². The number of hydrogen-bond acceptors (Lipinski definition) is 0. The Morgan fingerprint density at radius 3 is 2.39 bits per heavy atom. The highest BCUT2D eigenvalue weighted by atomic mass is 14.5. The third-order valence-electron chi connectivity index (χ3n) is 7.43. The van der Waals surface area contributed by atoms with Gasteiger partial charge in [-0.15, -0.1) is 6.58 Å². The summed E-state index contributed by atoms with van der Waals surface area (Å²) in [6.07, 6.45) is 9.94. The molecule has 1 fully saturated rings. The Labute approximate surface area is 145 Å². The molecule has 2 rings (SSSR count). The second kappa shape index (κ2) is 6.61. The van der Waals surface area contributed by atoms with Gasteiger partial charge in [0.05, 0.1) is 0 Å². The summed E-state index contributed by atoms with van der Waals surface area (Å²) in [5, 5.41) is 0. The molecule has 2 aliphatic carbocycles. The molecule has 0 aromatic heterocycles. The van der Waals surface area contributed by atoms with Crippen molar-refractivity contribution in [3.8, 4) is 0 Å². The Balaban J connectivity index is 2.64. The first-order valence-electron chi connectivity index (χ1n) is 9.75. The molecule has 2 bridgehead atoms. The molecule has 0 aromatic carbocycles. The van der Waals surface area contributed by atoms with Gasteiger partial charge in [0, 0.05) is 5.92 Å². The fourth-order valence-corrected chi connectivity index (χ4v) is 5.89. The zero-order valence-corrected chi connectivity index (χ0v) is 16.5. The van der Waals surface area contributed by atoms with E-state index in [1.807, 2.05) is 0 Å². The Morgan fingerprint density at radius 2 is 1.87 bits per heavy atom. The predicted molar refractivity (Wildman–Crippen MR) is 103 cm³/mol. The molecule has 130 valence electrons. The molecule has 0 nitrogen and oxygen atoms in total. The monoisotopic (exact) mass is 314 g/mol. The minimum atomic E-state index is 0.250. The summed E-state index contributed by atoms with van der Waals surface area (Å²) < 4.78 is 0. The molecule has 0 aliphatic heterocycles. The summed E-state index contributed by atoms with van der Waals surface area (Å²) in [5.41, 5.74) is 5.21. The molecule has 1 saturated carbocycles. The molecule has 0 heterocycles. The molecule has 0 heteroatoms. The normalized spacial score (nSPS) is 37.3. The first-order chi connectivity index (χ1) is 10.7.